The van der Waals surface area contributed by atoms with E-state index < -0.39 is 5.82 Å². The van der Waals surface area contributed by atoms with E-state index in [4.69, 9.17) is 9.72 Å². The topological polar surface area (TPSA) is 58.6 Å². The Morgan fingerprint density at radius 3 is 2.59 bits per heavy atom. The van der Waals surface area contributed by atoms with Gasteiger partial charge in [-0.1, -0.05) is 0 Å². The second kappa shape index (κ2) is 6.97. The van der Waals surface area contributed by atoms with Gasteiger partial charge in [0.25, 0.3) is 5.91 Å². The summed E-state index contributed by atoms with van der Waals surface area (Å²) >= 11 is 0. The Morgan fingerprint density at radius 2 is 1.90 bits per heavy atom. The lowest BCUT2D eigenvalue weighted by Gasteiger charge is -2.24. The largest absolute Gasteiger partial charge is 0.494 e. The molecule has 7 heteroatoms. The van der Waals surface area contributed by atoms with Gasteiger partial charge in [0.05, 0.1) is 7.11 Å². The molecule has 2 aliphatic heterocycles. The van der Waals surface area contributed by atoms with E-state index >= 15 is 0 Å². The second-order valence-corrected chi connectivity index (χ2v) is 8.36. The number of likely N-dealkylation sites (tertiary alicyclic amines) is 1. The van der Waals surface area contributed by atoms with Crippen LogP contribution in [-0.4, -0.2) is 54.1 Å². The summed E-state index contributed by atoms with van der Waals surface area (Å²) in [6, 6.07) is 4.42. The van der Waals surface area contributed by atoms with Crippen molar-refractivity contribution in [2.75, 3.05) is 38.2 Å². The number of halogens is 1. The fourth-order valence-corrected chi connectivity index (χ4v) is 5.11. The SMILES string of the molecule is COc1ccc(C(=O)N2CC3CN(c4nc(C)nc5c4CCC5)CC3C2)cc1F. The maximum Gasteiger partial charge on any atom is 0.253 e. The van der Waals surface area contributed by atoms with Crippen molar-refractivity contribution in [2.24, 2.45) is 11.8 Å². The number of ether oxygens (including phenoxy) is 1. The van der Waals surface area contributed by atoms with Crippen LogP contribution >= 0.6 is 0 Å². The zero-order chi connectivity index (χ0) is 20.1. The summed E-state index contributed by atoms with van der Waals surface area (Å²) in [7, 11) is 1.42. The molecule has 2 unspecified atom stereocenters. The molecule has 152 valence electrons. The molecule has 6 nitrogen and oxygen atoms in total. The molecule has 29 heavy (non-hydrogen) atoms. The minimum atomic E-state index is -0.503. The van der Waals surface area contributed by atoms with E-state index in [1.807, 2.05) is 11.8 Å². The molecule has 3 heterocycles. The first kappa shape index (κ1) is 18.3. The van der Waals surface area contributed by atoms with Gasteiger partial charge < -0.3 is 14.5 Å². The van der Waals surface area contributed by atoms with Crippen molar-refractivity contribution >= 4 is 11.7 Å². The fraction of sp³-hybridized carbons (Fsp3) is 0.500. The molecule has 0 bridgehead atoms. The van der Waals surface area contributed by atoms with E-state index in [-0.39, 0.29) is 11.7 Å². The number of carbonyl (C=O) groups is 1. The molecule has 2 saturated heterocycles. The lowest BCUT2D eigenvalue weighted by molar-refractivity contribution is 0.0782. The number of aryl methyl sites for hydroxylation is 2. The van der Waals surface area contributed by atoms with E-state index in [9.17, 15) is 9.18 Å². The third-order valence-corrected chi connectivity index (χ3v) is 6.49. The van der Waals surface area contributed by atoms with Gasteiger partial charge in [-0.3, -0.25) is 4.79 Å². The van der Waals surface area contributed by atoms with Crippen LogP contribution in [0, 0.1) is 24.6 Å². The first-order chi connectivity index (χ1) is 14.0. The van der Waals surface area contributed by atoms with Crippen molar-refractivity contribution < 1.29 is 13.9 Å². The number of benzene rings is 1. The van der Waals surface area contributed by atoms with Crippen LogP contribution in [0.5, 0.6) is 5.75 Å². The monoisotopic (exact) mass is 396 g/mol. The minimum absolute atomic E-state index is 0.105. The smallest absolute Gasteiger partial charge is 0.253 e. The molecule has 5 rings (SSSR count). The maximum atomic E-state index is 14.0. The zero-order valence-corrected chi connectivity index (χ0v) is 16.8. The molecule has 2 fully saturated rings. The van der Waals surface area contributed by atoms with Crippen LogP contribution in [0.3, 0.4) is 0 Å². The number of nitrogens with zero attached hydrogens (tertiary/aromatic N) is 4. The summed E-state index contributed by atoms with van der Waals surface area (Å²) in [5, 5.41) is 0. The molecule has 0 spiro atoms. The molecular weight excluding hydrogens is 371 g/mol. The summed E-state index contributed by atoms with van der Waals surface area (Å²) in [4.78, 5) is 26.5. The summed E-state index contributed by atoms with van der Waals surface area (Å²) in [6.07, 6.45) is 3.26. The van der Waals surface area contributed by atoms with E-state index in [0.717, 1.165) is 44.0 Å². The normalized spacial score (nSPS) is 22.7. The molecule has 1 amide bonds. The maximum absolute atomic E-state index is 14.0. The second-order valence-electron chi connectivity index (χ2n) is 8.36. The minimum Gasteiger partial charge on any atom is -0.494 e. The van der Waals surface area contributed by atoms with Gasteiger partial charge >= 0.3 is 0 Å². The summed E-state index contributed by atoms with van der Waals surface area (Å²) in [5.41, 5.74) is 2.91. The van der Waals surface area contributed by atoms with Gasteiger partial charge in [-0.25, -0.2) is 14.4 Å². The number of amides is 1. The van der Waals surface area contributed by atoms with Crippen molar-refractivity contribution in [1.29, 1.82) is 0 Å². The van der Waals surface area contributed by atoms with Gasteiger partial charge in [0.15, 0.2) is 11.6 Å². The Balaban J connectivity index is 1.29. The van der Waals surface area contributed by atoms with E-state index in [2.05, 4.69) is 9.88 Å². The highest BCUT2D eigenvalue weighted by Crippen LogP contribution is 2.37. The predicted molar refractivity (Wildman–Crippen MR) is 107 cm³/mol. The Labute approximate surface area is 169 Å². The number of carbonyl (C=O) groups excluding carboxylic acids is 1. The van der Waals surface area contributed by atoms with Crippen LogP contribution < -0.4 is 9.64 Å². The van der Waals surface area contributed by atoms with Gasteiger partial charge in [-0.2, -0.15) is 0 Å². The average Bonchev–Trinajstić information content (AvgIpc) is 3.41. The van der Waals surface area contributed by atoms with Crippen molar-refractivity contribution in [3.05, 3.63) is 46.7 Å². The molecule has 0 radical (unpaired) electrons. The van der Waals surface area contributed by atoms with Gasteiger partial charge in [0.1, 0.15) is 11.6 Å². The zero-order valence-electron chi connectivity index (χ0n) is 16.8. The summed E-state index contributed by atoms with van der Waals surface area (Å²) < 4.78 is 18.9. The van der Waals surface area contributed by atoms with Gasteiger partial charge in [0.2, 0.25) is 0 Å². The molecular formula is C22H25FN4O2. The number of anilines is 1. The van der Waals surface area contributed by atoms with Crippen LogP contribution in [0.15, 0.2) is 18.2 Å². The summed E-state index contributed by atoms with van der Waals surface area (Å²) in [5.74, 6) is 2.35. The third kappa shape index (κ3) is 3.12. The number of hydrogen-bond acceptors (Lipinski definition) is 5. The molecule has 2 aromatic rings. The lowest BCUT2D eigenvalue weighted by Crippen LogP contribution is -2.34. The molecule has 2 atom stereocenters. The van der Waals surface area contributed by atoms with Gasteiger partial charge in [-0.05, 0) is 44.4 Å². The molecule has 0 N–H and O–H groups in total. The van der Waals surface area contributed by atoms with Crippen LogP contribution in [0.1, 0.15) is 33.9 Å². The van der Waals surface area contributed by atoms with E-state index in [1.54, 1.807) is 6.07 Å². The Morgan fingerprint density at radius 1 is 1.14 bits per heavy atom. The van der Waals surface area contributed by atoms with Crippen LogP contribution in [0.4, 0.5) is 10.2 Å². The third-order valence-electron chi connectivity index (χ3n) is 6.49. The van der Waals surface area contributed by atoms with Gasteiger partial charge in [-0.15, -0.1) is 0 Å². The number of rotatable bonds is 3. The Kier molecular flexibility index (Phi) is 4.41. The first-order valence-electron chi connectivity index (χ1n) is 10.3. The molecule has 3 aliphatic rings. The average molecular weight is 396 g/mol. The highest BCUT2D eigenvalue weighted by molar-refractivity contribution is 5.94. The van der Waals surface area contributed by atoms with Crippen LogP contribution in [0.2, 0.25) is 0 Å². The van der Waals surface area contributed by atoms with Crippen molar-refractivity contribution in [1.82, 2.24) is 14.9 Å². The van der Waals surface area contributed by atoms with E-state index in [0.29, 0.717) is 30.5 Å². The van der Waals surface area contributed by atoms with Crippen molar-refractivity contribution in [3.8, 4) is 5.75 Å². The summed E-state index contributed by atoms with van der Waals surface area (Å²) in [6.45, 7) is 5.20. The van der Waals surface area contributed by atoms with Gasteiger partial charge in [0, 0.05) is 54.8 Å². The first-order valence-corrected chi connectivity index (χ1v) is 10.3. The molecule has 1 aliphatic carbocycles. The van der Waals surface area contributed by atoms with E-state index in [1.165, 1.54) is 30.5 Å². The highest BCUT2D eigenvalue weighted by Gasteiger charge is 2.43. The van der Waals surface area contributed by atoms with Crippen molar-refractivity contribution in [2.45, 2.75) is 26.2 Å². The van der Waals surface area contributed by atoms with Crippen LogP contribution in [0.25, 0.3) is 0 Å². The predicted octanol–water partition coefficient (Wildman–Crippen LogP) is 2.63. The molecule has 0 saturated carbocycles. The quantitative estimate of drug-likeness (QED) is 0.798. The fourth-order valence-electron chi connectivity index (χ4n) is 5.11. The highest BCUT2D eigenvalue weighted by atomic mass is 19.1. The standard InChI is InChI=1S/C22H25FN4O2/c1-13-24-19-5-3-4-17(19)21(25-13)26-9-15-11-27(12-16(15)10-26)22(28)14-6-7-20(29-2)18(23)8-14/h6-8,15-16H,3-5,9-12H2,1-2H3. The number of aromatic nitrogens is 2. The Hall–Kier alpha value is -2.70. The van der Waals surface area contributed by atoms with Crippen molar-refractivity contribution in [3.63, 3.8) is 0 Å². The molecule has 1 aromatic heterocycles. The molecule has 1 aromatic carbocycles. The number of hydrogen-bond donors (Lipinski definition) is 0. The Bertz CT molecular complexity index is 966. The number of fused-ring (bicyclic) bond motifs is 2. The lowest BCUT2D eigenvalue weighted by atomic mass is 10.0. The van der Waals surface area contributed by atoms with Crippen LogP contribution in [-0.2, 0) is 12.8 Å². The number of methoxy groups -OCH3 is 1.